The smallest absolute Gasteiger partial charge is 0.00952 e. The van der Waals surface area contributed by atoms with Gasteiger partial charge in [-0.1, -0.05) is 6.42 Å². The summed E-state index contributed by atoms with van der Waals surface area (Å²) in [6, 6.07) is 1.49. The summed E-state index contributed by atoms with van der Waals surface area (Å²) in [4.78, 5) is 2.73. The summed E-state index contributed by atoms with van der Waals surface area (Å²) in [5.41, 5.74) is 6.60. The monoisotopic (exact) mass is 194 g/mol. The summed E-state index contributed by atoms with van der Waals surface area (Å²) in [6.07, 6.45) is 9.88. The first-order chi connectivity index (χ1) is 6.77. The molecule has 3 aliphatic rings. The van der Waals surface area contributed by atoms with Gasteiger partial charge in [-0.3, -0.25) is 0 Å². The van der Waals surface area contributed by atoms with Crippen LogP contribution in [0.1, 0.15) is 44.9 Å². The minimum Gasteiger partial charge on any atom is -0.328 e. The lowest BCUT2D eigenvalue weighted by Crippen LogP contribution is -2.54. The fourth-order valence-corrected chi connectivity index (χ4v) is 3.58. The molecule has 0 unspecified atom stereocenters. The fraction of sp³-hybridized carbons (Fsp3) is 1.00. The molecule has 0 atom stereocenters. The summed E-state index contributed by atoms with van der Waals surface area (Å²) in [5.74, 6) is 0. The van der Waals surface area contributed by atoms with Crippen molar-refractivity contribution in [2.24, 2.45) is 11.1 Å². The van der Waals surface area contributed by atoms with Crippen molar-refractivity contribution in [3.63, 3.8) is 0 Å². The highest BCUT2D eigenvalue weighted by Crippen LogP contribution is 2.49. The molecule has 0 aromatic rings. The van der Waals surface area contributed by atoms with Gasteiger partial charge in [-0.2, -0.15) is 0 Å². The molecule has 2 aliphatic carbocycles. The van der Waals surface area contributed by atoms with E-state index in [4.69, 9.17) is 5.73 Å². The van der Waals surface area contributed by atoms with Crippen LogP contribution in [0.2, 0.25) is 0 Å². The van der Waals surface area contributed by atoms with Crippen molar-refractivity contribution >= 4 is 0 Å². The normalized spacial score (nSPS) is 34.1. The molecular formula is C12H22N2. The average molecular weight is 194 g/mol. The van der Waals surface area contributed by atoms with Crippen LogP contribution >= 0.6 is 0 Å². The molecule has 2 heteroatoms. The van der Waals surface area contributed by atoms with Crippen molar-refractivity contribution in [1.82, 2.24) is 4.90 Å². The largest absolute Gasteiger partial charge is 0.328 e. The van der Waals surface area contributed by atoms with Gasteiger partial charge in [-0.15, -0.1) is 0 Å². The van der Waals surface area contributed by atoms with E-state index in [0.717, 1.165) is 6.04 Å². The molecule has 0 amide bonds. The quantitative estimate of drug-likeness (QED) is 0.689. The van der Waals surface area contributed by atoms with Crippen LogP contribution in [0, 0.1) is 5.41 Å². The molecule has 0 aromatic heterocycles. The maximum atomic E-state index is 5.90. The van der Waals surface area contributed by atoms with Gasteiger partial charge in [0.05, 0.1) is 0 Å². The fourth-order valence-electron chi connectivity index (χ4n) is 3.58. The molecule has 14 heavy (non-hydrogen) atoms. The Hall–Kier alpha value is -0.0800. The predicted molar refractivity (Wildman–Crippen MR) is 58.1 cm³/mol. The van der Waals surface area contributed by atoms with Crippen LogP contribution in [0.25, 0.3) is 0 Å². The van der Waals surface area contributed by atoms with Gasteiger partial charge < -0.3 is 10.6 Å². The van der Waals surface area contributed by atoms with E-state index in [-0.39, 0.29) is 0 Å². The van der Waals surface area contributed by atoms with Crippen LogP contribution in [0.5, 0.6) is 0 Å². The number of rotatable bonds is 1. The molecule has 1 aliphatic heterocycles. The topological polar surface area (TPSA) is 29.3 Å². The lowest BCUT2D eigenvalue weighted by Gasteiger charge is -2.53. The highest BCUT2D eigenvalue weighted by Gasteiger charge is 2.45. The van der Waals surface area contributed by atoms with Crippen molar-refractivity contribution in [2.45, 2.75) is 57.0 Å². The van der Waals surface area contributed by atoms with Crippen molar-refractivity contribution in [3.05, 3.63) is 0 Å². The molecular weight excluding hydrogens is 172 g/mol. The second-order valence-electron chi connectivity index (χ2n) is 5.79. The molecule has 1 saturated heterocycles. The van der Waals surface area contributed by atoms with Gasteiger partial charge in [0.1, 0.15) is 0 Å². The van der Waals surface area contributed by atoms with E-state index < -0.39 is 0 Å². The van der Waals surface area contributed by atoms with Crippen LogP contribution in [0.15, 0.2) is 0 Å². The van der Waals surface area contributed by atoms with E-state index in [0.29, 0.717) is 11.5 Å². The molecule has 1 spiro atoms. The van der Waals surface area contributed by atoms with Gasteiger partial charge in [0.25, 0.3) is 0 Å². The van der Waals surface area contributed by atoms with E-state index in [1.165, 1.54) is 58.0 Å². The zero-order valence-corrected chi connectivity index (χ0v) is 9.04. The number of piperidine rings is 1. The number of likely N-dealkylation sites (tertiary alicyclic amines) is 1. The van der Waals surface area contributed by atoms with E-state index in [1.807, 2.05) is 0 Å². The second-order valence-corrected chi connectivity index (χ2v) is 5.79. The number of hydrogen-bond donors (Lipinski definition) is 1. The molecule has 0 radical (unpaired) electrons. The maximum Gasteiger partial charge on any atom is 0.00952 e. The third kappa shape index (κ3) is 1.40. The van der Waals surface area contributed by atoms with Gasteiger partial charge in [0, 0.05) is 12.1 Å². The molecule has 3 fully saturated rings. The van der Waals surface area contributed by atoms with E-state index in [2.05, 4.69) is 4.90 Å². The Morgan fingerprint density at radius 3 is 2.14 bits per heavy atom. The van der Waals surface area contributed by atoms with Gasteiger partial charge >= 0.3 is 0 Å². The molecule has 2 nitrogen and oxygen atoms in total. The van der Waals surface area contributed by atoms with E-state index in [9.17, 15) is 0 Å². The summed E-state index contributed by atoms with van der Waals surface area (Å²) in [5, 5.41) is 0. The average Bonchev–Trinajstić information content (AvgIpc) is 2.03. The number of nitrogens with zero attached hydrogens (tertiary/aromatic N) is 1. The van der Waals surface area contributed by atoms with E-state index >= 15 is 0 Å². The highest BCUT2D eigenvalue weighted by atomic mass is 15.2. The second kappa shape index (κ2) is 3.21. The summed E-state index contributed by atoms with van der Waals surface area (Å²) < 4.78 is 0. The van der Waals surface area contributed by atoms with Crippen molar-refractivity contribution in [2.75, 3.05) is 13.1 Å². The SMILES string of the molecule is NC1CC2(CCN(C3CCC3)CC2)C1. The number of nitrogens with two attached hydrogens (primary N) is 1. The number of hydrogen-bond acceptors (Lipinski definition) is 2. The zero-order chi connectivity index (χ0) is 9.60. The molecule has 80 valence electrons. The van der Waals surface area contributed by atoms with Crippen molar-refractivity contribution in [1.29, 1.82) is 0 Å². The Balaban J connectivity index is 1.52. The van der Waals surface area contributed by atoms with Crippen LogP contribution in [-0.4, -0.2) is 30.1 Å². The van der Waals surface area contributed by atoms with Crippen molar-refractivity contribution < 1.29 is 0 Å². The van der Waals surface area contributed by atoms with Crippen LogP contribution in [0.4, 0.5) is 0 Å². The summed E-state index contributed by atoms with van der Waals surface area (Å²) in [6.45, 7) is 2.72. The van der Waals surface area contributed by atoms with E-state index in [1.54, 1.807) is 0 Å². The van der Waals surface area contributed by atoms with Gasteiger partial charge in [0.2, 0.25) is 0 Å². The molecule has 3 rings (SSSR count). The molecule has 0 bridgehead atoms. The lowest BCUT2D eigenvalue weighted by molar-refractivity contribution is -0.0106. The van der Waals surface area contributed by atoms with Gasteiger partial charge in [-0.05, 0) is 57.0 Å². The Kier molecular flexibility index (Phi) is 2.10. The van der Waals surface area contributed by atoms with Crippen molar-refractivity contribution in [3.8, 4) is 0 Å². The standard InChI is InChI=1S/C12H22N2/c13-10-8-12(9-10)4-6-14(7-5-12)11-2-1-3-11/h10-11H,1-9,13H2. The predicted octanol–water partition coefficient (Wildman–Crippen LogP) is 1.74. The first kappa shape index (κ1) is 9.17. The molecule has 2 N–H and O–H groups in total. The summed E-state index contributed by atoms with van der Waals surface area (Å²) in [7, 11) is 0. The molecule has 0 aromatic carbocycles. The highest BCUT2D eigenvalue weighted by molar-refractivity contribution is 5.00. The van der Waals surface area contributed by atoms with Crippen LogP contribution in [-0.2, 0) is 0 Å². The lowest BCUT2D eigenvalue weighted by atomic mass is 9.60. The Bertz CT molecular complexity index is 206. The zero-order valence-electron chi connectivity index (χ0n) is 9.04. The van der Waals surface area contributed by atoms with Gasteiger partial charge in [-0.25, -0.2) is 0 Å². The Morgan fingerprint density at radius 2 is 1.71 bits per heavy atom. The first-order valence-electron chi connectivity index (χ1n) is 6.27. The molecule has 2 saturated carbocycles. The van der Waals surface area contributed by atoms with Gasteiger partial charge in [0.15, 0.2) is 0 Å². The summed E-state index contributed by atoms with van der Waals surface area (Å²) >= 11 is 0. The molecule has 1 heterocycles. The third-order valence-corrected chi connectivity index (χ3v) is 4.84. The minimum atomic E-state index is 0.533. The van der Waals surface area contributed by atoms with Crippen LogP contribution in [0.3, 0.4) is 0 Å². The maximum absolute atomic E-state index is 5.90. The first-order valence-corrected chi connectivity index (χ1v) is 6.27. The third-order valence-electron chi connectivity index (χ3n) is 4.84. The van der Waals surface area contributed by atoms with Crippen LogP contribution < -0.4 is 5.73 Å². The minimum absolute atomic E-state index is 0.533. The Labute approximate surface area is 86.8 Å². The Morgan fingerprint density at radius 1 is 1.07 bits per heavy atom.